The van der Waals surface area contributed by atoms with Gasteiger partial charge in [0.2, 0.25) is 0 Å². The summed E-state index contributed by atoms with van der Waals surface area (Å²) >= 11 is 0. The maximum absolute atomic E-state index is 5.15. The van der Waals surface area contributed by atoms with Crippen LogP contribution in [0.25, 0.3) is 38.9 Å². The molecule has 0 amide bonds. The van der Waals surface area contributed by atoms with Crippen LogP contribution < -0.4 is 0 Å². The van der Waals surface area contributed by atoms with Crippen molar-refractivity contribution >= 4 is 16.6 Å². The summed E-state index contributed by atoms with van der Waals surface area (Å²) in [7, 11) is 0. The minimum Gasteiger partial charge on any atom is -0.299 e. The number of piperidine rings is 1. The molecular formula is C30H28N8. The van der Waals surface area contributed by atoms with Gasteiger partial charge in [0.05, 0.1) is 11.2 Å². The van der Waals surface area contributed by atoms with E-state index in [0.29, 0.717) is 5.92 Å². The van der Waals surface area contributed by atoms with Gasteiger partial charge in [0.25, 0.3) is 0 Å². The molecule has 38 heavy (non-hydrogen) atoms. The van der Waals surface area contributed by atoms with Crippen LogP contribution in [-0.2, 0) is 6.54 Å². The highest BCUT2D eigenvalue weighted by Crippen LogP contribution is 2.35. The normalized spacial score (nSPS) is 15.0. The van der Waals surface area contributed by atoms with E-state index in [2.05, 4.69) is 84.9 Å². The Bertz CT molecular complexity index is 1700. The van der Waals surface area contributed by atoms with Crippen LogP contribution in [0.5, 0.6) is 0 Å². The number of aryl methyl sites for hydroxylation is 1. The van der Waals surface area contributed by atoms with Gasteiger partial charge in [0.15, 0.2) is 5.65 Å². The number of benzene rings is 2. The Kier molecular flexibility index (Phi) is 5.66. The molecule has 1 aliphatic heterocycles. The van der Waals surface area contributed by atoms with Crippen molar-refractivity contribution in [1.29, 1.82) is 0 Å². The largest absolute Gasteiger partial charge is 0.299 e. The molecule has 0 aliphatic carbocycles. The van der Waals surface area contributed by atoms with Gasteiger partial charge >= 0.3 is 0 Å². The van der Waals surface area contributed by atoms with Crippen molar-refractivity contribution in [2.75, 3.05) is 13.1 Å². The molecular weight excluding hydrogens is 472 g/mol. The molecule has 0 bridgehead atoms. The van der Waals surface area contributed by atoms with Crippen LogP contribution >= 0.6 is 0 Å². The zero-order valence-electron chi connectivity index (χ0n) is 21.2. The van der Waals surface area contributed by atoms with E-state index in [1.165, 1.54) is 5.56 Å². The lowest BCUT2D eigenvalue weighted by Crippen LogP contribution is -2.32. The van der Waals surface area contributed by atoms with E-state index in [9.17, 15) is 0 Å². The summed E-state index contributed by atoms with van der Waals surface area (Å²) in [6.45, 7) is 5.04. The third-order valence-corrected chi connectivity index (χ3v) is 7.67. The van der Waals surface area contributed by atoms with Gasteiger partial charge in [0, 0.05) is 35.2 Å². The summed E-state index contributed by atoms with van der Waals surface area (Å²) in [6.07, 6.45) is 5.81. The summed E-state index contributed by atoms with van der Waals surface area (Å²) in [5.41, 5.74) is 7.37. The minimum atomic E-state index is 0.481. The number of H-pyrrole nitrogens is 1. The van der Waals surface area contributed by atoms with Gasteiger partial charge in [-0.25, -0.2) is 9.97 Å². The summed E-state index contributed by atoms with van der Waals surface area (Å²) < 4.78 is 2.02. The second-order valence-electron chi connectivity index (χ2n) is 10.1. The molecule has 1 saturated heterocycles. The third-order valence-electron chi connectivity index (χ3n) is 7.67. The molecule has 0 radical (unpaired) electrons. The molecule has 7 rings (SSSR count). The predicted octanol–water partition coefficient (Wildman–Crippen LogP) is 5.42. The van der Waals surface area contributed by atoms with E-state index < -0.39 is 0 Å². The standard InChI is InChI=1S/C30H28N8/c1-20-34-36-30-26-17-25(22-5-3-2-4-6-22)28(33-27(26)13-16-38(20)30)23-9-7-21(8-10-23)18-37-14-11-24(12-15-37)29-31-19-32-35-29/h2-10,13,16-17,19,24H,11-12,14-15,18H2,1H3,(H,31,32,35). The zero-order chi connectivity index (χ0) is 25.5. The van der Waals surface area contributed by atoms with E-state index in [1.807, 2.05) is 29.7 Å². The highest BCUT2D eigenvalue weighted by molar-refractivity contribution is 5.98. The molecule has 8 nitrogen and oxygen atoms in total. The third kappa shape index (κ3) is 4.13. The molecule has 0 saturated carbocycles. The van der Waals surface area contributed by atoms with Crippen molar-refractivity contribution in [3.63, 3.8) is 0 Å². The number of aromatic amines is 1. The number of likely N-dealkylation sites (tertiary alicyclic amines) is 1. The number of aromatic nitrogens is 7. The Hall–Kier alpha value is -4.43. The van der Waals surface area contributed by atoms with Crippen LogP contribution in [0.1, 0.15) is 36.0 Å². The lowest BCUT2D eigenvalue weighted by Gasteiger charge is -2.30. The van der Waals surface area contributed by atoms with E-state index in [-0.39, 0.29) is 0 Å². The molecule has 0 spiro atoms. The number of hydrogen-bond acceptors (Lipinski definition) is 6. The molecule has 6 aromatic rings. The van der Waals surface area contributed by atoms with Crippen molar-refractivity contribution in [3.05, 3.63) is 96.5 Å². The fourth-order valence-electron chi connectivity index (χ4n) is 5.57. The first-order valence-corrected chi connectivity index (χ1v) is 13.1. The Morgan fingerprint density at radius 1 is 0.921 bits per heavy atom. The summed E-state index contributed by atoms with van der Waals surface area (Å²) in [5.74, 6) is 2.37. The van der Waals surface area contributed by atoms with Crippen LogP contribution in [0.15, 0.2) is 79.3 Å². The number of pyridine rings is 2. The molecule has 188 valence electrons. The molecule has 1 N–H and O–H groups in total. The second kappa shape index (κ2) is 9.46. The Balaban J connectivity index is 1.19. The first-order chi connectivity index (χ1) is 18.7. The Labute approximate surface area is 220 Å². The minimum absolute atomic E-state index is 0.481. The van der Waals surface area contributed by atoms with Crippen molar-refractivity contribution < 1.29 is 0 Å². The second-order valence-corrected chi connectivity index (χ2v) is 10.1. The summed E-state index contributed by atoms with van der Waals surface area (Å²) in [5, 5.41) is 16.8. The van der Waals surface area contributed by atoms with E-state index in [1.54, 1.807) is 6.33 Å². The van der Waals surface area contributed by atoms with Crippen LogP contribution in [0.2, 0.25) is 0 Å². The van der Waals surface area contributed by atoms with Gasteiger partial charge in [-0.2, -0.15) is 5.10 Å². The predicted molar refractivity (Wildman–Crippen MR) is 148 cm³/mol. The average molecular weight is 501 g/mol. The fraction of sp³-hybridized carbons (Fsp3) is 0.233. The number of nitrogens with one attached hydrogen (secondary N) is 1. The highest BCUT2D eigenvalue weighted by Gasteiger charge is 2.22. The number of nitrogens with zero attached hydrogens (tertiary/aromatic N) is 7. The SMILES string of the molecule is Cc1nnc2c3cc(-c4ccccc4)c(-c4ccc(CN5CCC(c6ncn[nH]6)CC5)cc4)nc3ccn12. The van der Waals surface area contributed by atoms with Gasteiger partial charge in [-0.15, -0.1) is 10.2 Å². The van der Waals surface area contributed by atoms with Crippen LogP contribution in [0.3, 0.4) is 0 Å². The molecule has 1 fully saturated rings. The number of fused-ring (bicyclic) bond motifs is 3. The van der Waals surface area contributed by atoms with Gasteiger partial charge < -0.3 is 0 Å². The first kappa shape index (κ1) is 22.7. The smallest absolute Gasteiger partial charge is 0.170 e. The molecule has 0 atom stereocenters. The topological polar surface area (TPSA) is 87.9 Å². The van der Waals surface area contributed by atoms with E-state index in [4.69, 9.17) is 4.98 Å². The van der Waals surface area contributed by atoms with Crippen molar-refractivity contribution in [2.24, 2.45) is 0 Å². The maximum atomic E-state index is 5.15. The van der Waals surface area contributed by atoms with Gasteiger partial charge in [0.1, 0.15) is 18.0 Å². The van der Waals surface area contributed by atoms with Crippen LogP contribution in [-0.4, -0.2) is 52.8 Å². The first-order valence-electron chi connectivity index (χ1n) is 13.1. The van der Waals surface area contributed by atoms with Gasteiger partial charge in [-0.3, -0.25) is 14.4 Å². The van der Waals surface area contributed by atoms with Gasteiger partial charge in [-0.1, -0.05) is 54.6 Å². The number of hydrogen-bond donors (Lipinski definition) is 1. The lowest BCUT2D eigenvalue weighted by molar-refractivity contribution is 0.202. The Morgan fingerprint density at radius 2 is 1.74 bits per heavy atom. The van der Waals surface area contributed by atoms with Gasteiger partial charge in [-0.05, 0) is 56.1 Å². The quantitative estimate of drug-likeness (QED) is 0.340. The summed E-state index contributed by atoms with van der Waals surface area (Å²) in [6, 6.07) is 23.6. The van der Waals surface area contributed by atoms with E-state index >= 15 is 0 Å². The molecule has 0 unspecified atom stereocenters. The lowest BCUT2D eigenvalue weighted by atomic mass is 9.95. The summed E-state index contributed by atoms with van der Waals surface area (Å²) in [4.78, 5) is 12.0. The molecule has 1 aliphatic rings. The zero-order valence-corrected chi connectivity index (χ0v) is 21.2. The molecule has 8 heteroatoms. The molecule has 2 aromatic carbocycles. The van der Waals surface area contributed by atoms with Crippen molar-refractivity contribution in [1.82, 2.24) is 39.7 Å². The highest BCUT2D eigenvalue weighted by atomic mass is 15.2. The number of rotatable bonds is 5. The molecule has 4 aromatic heterocycles. The molecule has 5 heterocycles. The van der Waals surface area contributed by atoms with Crippen molar-refractivity contribution in [3.8, 4) is 22.4 Å². The Morgan fingerprint density at radius 3 is 2.50 bits per heavy atom. The van der Waals surface area contributed by atoms with Crippen molar-refractivity contribution in [2.45, 2.75) is 32.2 Å². The van der Waals surface area contributed by atoms with Crippen LogP contribution in [0, 0.1) is 6.92 Å². The maximum Gasteiger partial charge on any atom is 0.170 e. The average Bonchev–Trinajstić information content (AvgIpc) is 3.64. The van der Waals surface area contributed by atoms with Crippen LogP contribution in [0.4, 0.5) is 0 Å². The van der Waals surface area contributed by atoms with E-state index in [0.717, 1.165) is 83.1 Å². The monoisotopic (exact) mass is 500 g/mol. The fourth-order valence-corrected chi connectivity index (χ4v) is 5.57.